The number of aromatic nitrogens is 3. The SMILES string of the molecule is c1ccc(-c2cc(-c3ccccc3)c(N3c4cc(-n5c6ccccc6c6ccccc65)ccc4B4c5ccc(-n6c7ccccc7c7ccccc76)cc5N(c5c(-c6ccccc6)cc(-c6ccccc6)cc5-n5c6ccc7cccc8c9cccc%10ccc5c(c%109)c6c78)c5cc(-c6ccccc6)cc3c54)c(-c3ccccc3)c2)cc1. The van der Waals surface area contributed by atoms with E-state index in [1.165, 1.54) is 81.0 Å². The van der Waals surface area contributed by atoms with Gasteiger partial charge < -0.3 is 23.5 Å². The van der Waals surface area contributed by atoms with Crippen LogP contribution in [0.3, 0.4) is 0 Å². The Bertz CT molecular complexity index is 7670. The number of fused-ring (bicyclic) bond motifs is 11. The van der Waals surface area contributed by atoms with Gasteiger partial charge in [0.2, 0.25) is 0 Å². The second-order valence-electron chi connectivity index (χ2n) is 31.3. The topological polar surface area (TPSA) is 21.3 Å². The molecule has 0 unspecified atom stereocenters. The Hall–Kier alpha value is -15.2. The van der Waals surface area contributed by atoms with Gasteiger partial charge in [-0.2, -0.15) is 0 Å². The molecule has 0 bridgehead atoms. The number of hydrogen-bond donors (Lipinski definition) is 0. The summed E-state index contributed by atoms with van der Waals surface area (Å²) in [7, 11) is 0. The van der Waals surface area contributed by atoms with Crippen molar-refractivity contribution in [2.45, 2.75) is 0 Å². The second-order valence-corrected chi connectivity index (χ2v) is 31.3. The fourth-order valence-corrected chi connectivity index (χ4v) is 20.4. The summed E-state index contributed by atoms with van der Waals surface area (Å²) in [5.74, 6) is 0. The minimum atomic E-state index is -0.324. The normalized spacial score (nSPS) is 12.6. The molecule has 2 aliphatic heterocycles. The summed E-state index contributed by atoms with van der Waals surface area (Å²) in [5.41, 5.74) is 33.6. The summed E-state index contributed by atoms with van der Waals surface area (Å²) in [4.78, 5) is 5.47. The summed E-state index contributed by atoms with van der Waals surface area (Å²) in [6, 6.07) is 156. The Morgan fingerprint density at radius 1 is 0.181 bits per heavy atom. The lowest BCUT2D eigenvalue weighted by Gasteiger charge is -2.46. The largest absolute Gasteiger partial charge is 0.310 e. The van der Waals surface area contributed by atoms with Crippen LogP contribution in [0.5, 0.6) is 0 Å². The van der Waals surface area contributed by atoms with Crippen LogP contribution in [-0.2, 0) is 0 Å². The monoisotopic (exact) mass is 1470 g/mol. The van der Waals surface area contributed by atoms with E-state index in [1.54, 1.807) is 0 Å². The van der Waals surface area contributed by atoms with Gasteiger partial charge in [0.25, 0.3) is 6.71 Å². The molecule has 0 saturated carbocycles. The molecule has 2 aliphatic rings. The third-order valence-electron chi connectivity index (χ3n) is 25.2. The molecule has 0 radical (unpaired) electrons. The Morgan fingerprint density at radius 3 is 0.897 bits per heavy atom. The molecular formula is C110H68BN5. The van der Waals surface area contributed by atoms with Gasteiger partial charge >= 0.3 is 0 Å². The Kier molecular flexibility index (Phi) is 14.0. The molecule has 0 spiro atoms. The molecule has 0 N–H and O–H groups in total. The Labute approximate surface area is 670 Å². The van der Waals surface area contributed by atoms with Crippen molar-refractivity contribution in [1.29, 1.82) is 0 Å². The molecular weight excluding hydrogens is 1400 g/mol. The number of benzene rings is 20. The van der Waals surface area contributed by atoms with E-state index >= 15 is 0 Å². The standard InChI is InChI=1S/C110H68BN5/c1-7-29-69(30-8-1)77-61-88(72-35-13-4-14-36-72)109(89(62-77)73-37-15-5-16-38-73)115-99-67-80(112-93-49-23-19-43-82(93)83-44-20-24-50-94(83)112)55-57-91(99)111-92-58-56-81(113-95-51-25-21-45-84(95)85-46-22-26-52-96(85)113)68-100(92)116(102-65-79(64-101(115)108(102)111)71-33-11-3-12-34-71)110-90(74-39-17-6-18-40-74)63-78(70-31-9-2-10-32-70)66-103(110)114-97-59-53-75-41-27-47-86-87-48-28-42-76-54-60-98(114)107(105(76)87)106(97)104(75)86/h1-68H. The highest BCUT2D eigenvalue weighted by Gasteiger charge is 2.46. The molecule has 5 nitrogen and oxygen atoms in total. The van der Waals surface area contributed by atoms with E-state index in [0.29, 0.717) is 0 Å². The van der Waals surface area contributed by atoms with Gasteiger partial charge in [0.1, 0.15) is 0 Å². The number of nitrogens with zero attached hydrogens (tertiary/aromatic N) is 5. The smallest absolute Gasteiger partial charge is 0.252 e. The predicted octanol–water partition coefficient (Wildman–Crippen LogP) is 27.4. The van der Waals surface area contributed by atoms with E-state index in [0.717, 1.165) is 151 Å². The molecule has 536 valence electrons. The van der Waals surface area contributed by atoms with E-state index in [1.807, 2.05) is 0 Å². The number of hydrogen-bond acceptors (Lipinski definition) is 2. The maximum Gasteiger partial charge on any atom is 0.252 e. The first kappa shape index (κ1) is 64.4. The van der Waals surface area contributed by atoms with Crippen LogP contribution in [0.1, 0.15) is 0 Å². The maximum absolute atomic E-state index is 2.75. The predicted molar refractivity (Wildman–Crippen MR) is 491 cm³/mol. The second kappa shape index (κ2) is 25.1. The lowest BCUT2D eigenvalue weighted by atomic mass is 9.33. The number of rotatable bonds is 11. The molecule has 0 atom stereocenters. The van der Waals surface area contributed by atoms with Crippen molar-refractivity contribution < 1.29 is 0 Å². The lowest BCUT2D eigenvalue weighted by molar-refractivity contribution is 1.14. The quantitative estimate of drug-likeness (QED) is 0.0731. The third-order valence-corrected chi connectivity index (χ3v) is 25.2. The molecule has 0 saturated heterocycles. The van der Waals surface area contributed by atoms with Gasteiger partial charge in [-0.05, 0) is 196 Å². The van der Waals surface area contributed by atoms with Gasteiger partial charge in [-0.25, -0.2) is 0 Å². The summed E-state index contributed by atoms with van der Waals surface area (Å²) in [6.07, 6.45) is 0. The molecule has 0 aliphatic carbocycles. The maximum atomic E-state index is 2.75. The van der Waals surface area contributed by atoms with Gasteiger partial charge in [-0.3, -0.25) is 0 Å². The van der Waals surface area contributed by atoms with Crippen molar-refractivity contribution in [1.82, 2.24) is 13.7 Å². The number of anilines is 6. The van der Waals surface area contributed by atoms with Crippen LogP contribution in [0, 0.1) is 0 Å². The Morgan fingerprint density at radius 2 is 0.500 bits per heavy atom. The fourth-order valence-electron chi connectivity index (χ4n) is 20.4. The molecule has 5 heterocycles. The molecule has 116 heavy (non-hydrogen) atoms. The Balaban J connectivity index is 0.884. The van der Waals surface area contributed by atoms with Crippen LogP contribution in [0.25, 0.3) is 182 Å². The molecule has 25 rings (SSSR count). The van der Waals surface area contributed by atoms with Gasteiger partial charge in [0, 0.05) is 83.1 Å². The van der Waals surface area contributed by atoms with Crippen molar-refractivity contribution in [2.24, 2.45) is 0 Å². The van der Waals surface area contributed by atoms with Crippen molar-refractivity contribution in [3.63, 3.8) is 0 Å². The molecule has 6 heteroatoms. The lowest BCUT2D eigenvalue weighted by Crippen LogP contribution is -2.61. The molecule has 0 fully saturated rings. The van der Waals surface area contributed by atoms with Gasteiger partial charge in [0.05, 0.1) is 50.2 Å². The third kappa shape index (κ3) is 9.41. The summed E-state index contributed by atoms with van der Waals surface area (Å²) in [6.45, 7) is -0.324. The zero-order valence-corrected chi connectivity index (χ0v) is 63.1. The van der Waals surface area contributed by atoms with Gasteiger partial charge in [-0.1, -0.05) is 315 Å². The highest BCUT2D eigenvalue weighted by molar-refractivity contribution is 7.00. The van der Waals surface area contributed by atoms with E-state index in [2.05, 4.69) is 436 Å². The summed E-state index contributed by atoms with van der Waals surface area (Å²) >= 11 is 0. The van der Waals surface area contributed by atoms with Crippen LogP contribution in [0.4, 0.5) is 34.1 Å². The first-order valence-electron chi connectivity index (χ1n) is 40.2. The van der Waals surface area contributed by atoms with Crippen LogP contribution in [0.15, 0.2) is 413 Å². The average Bonchev–Trinajstić information content (AvgIpc) is 0.912. The van der Waals surface area contributed by atoms with Crippen molar-refractivity contribution in [3.8, 4) is 83.8 Å². The van der Waals surface area contributed by atoms with Crippen LogP contribution in [0.2, 0.25) is 0 Å². The molecule has 23 aromatic rings. The fraction of sp³-hybridized carbons (Fsp3) is 0. The number of para-hydroxylation sites is 4. The van der Waals surface area contributed by atoms with Crippen molar-refractivity contribution >= 4 is 155 Å². The first-order chi connectivity index (χ1) is 57.6. The van der Waals surface area contributed by atoms with E-state index < -0.39 is 0 Å². The molecule has 3 aromatic heterocycles. The van der Waals surface area contributed by atoms with Crippen LogP contribution in [-0.4, -0.2) is 20.4 Å². The molecule has 0 amide bonds. The van der Waals surface area contributed by atoms with Crippen LogP contribution >= 0.6 is 0 Å². The van der Waals surface area contributed by atoms with Crippen molar-refractivity contribution in [3.05, 3.63) is 413 Å². The minimum Gasteiger partial charge on any atom is -0.310 e. The van der Waals surface area contributed by atoms with E-state index in [9.17, 15) is 0 Å². The molecule has 20 aromatic carbocycles. The zero-order valence-electron chi connectivity index (χ0n) is 63.1. The zero-order chi connectivity index (χ0) is 75.8. The van der Waals surface area contributed by atoms with E-state index in [4.69, 9.17) is 0 Å². The minimum absolute atomic E-state index is 0.324. The highest BCUT2D eigenvalue weighted by atomic mass is 15.2. The highest BCUT2D eigenvalue weighted by Crippen LogP contribution is 2.57. The van der Waals surface area contributed by atoms with Crippen molar-refractivity contribution in [2.75, 3.05) is 9.80 Å². The summed E-state index contributed by atoms with van der Waals surface area (Å²) < 4.78 is 7.68. The summed E-state index contributed by atoms with van der Waals surface area (Å²) in [5, 5.41) is 15.0. The first-order valence-corrected chi connectivity index (χ1v) is 40.2. The van der Waals surface area contributed by atoms with Crippen LogP contribution < -0.4 is 26.2 Å². The van der Waals surface area contributed by atoms with E-state index in [-0.39, 0.29) is 6.71 Å². The average molecular weight is 1470 g/mol. The van der Waals surface area contributed by atoms with Gasteiger partial charge in [-0.15, -0.1) is 0 Å². The van der Waals surface area contributed by atoms with Gasteiger partial charge in [0.15, 0.2) is 0 Å².